The monoisotopic (exact) mass is 82.0 g/mol. The SMILES string of the molecule is OC1C=CC=C1. The molecule has 0 heterocycles. The summed E-state index contributed by atoms with van der Waals surface area (Å²) in [4.78, 5) is 0. The molecule has 0 unspecified atom stereocenters. The molecule has 0 atom stereocenters. The van der Waals surface area contributed by atoms with Crippen LogP contribution in [0.5, 0.6) is 0 Å². The fraction of sp³-hybridized carbons (Fsp3) is 0.200. The third-order valence-corrected chi connectivity index (χ3v) is 0.728. The van der Waals surface area contributed by atoms with Gasteiger partial charge in [0.2, 0.25) is 0 Å². The predicted octanol–water partition coefficient (Wildman–Crippen LogP) is 0.473. The summed E-state index contributed by atoms with van der Waals surface area (Å²) in [5, 5.41) is 8.56. The first-order valence-corrected chi connectivity index (χ1v) is 1.92. The zero-order valence-corrected chi connectivity index (χ0v) is 3.33. The molecule has 32 valence electrons. The van der Waals surface area contributed by atoms with E-state index in [9.17, 15) is 0 Å². The minimum absolute atomic E-state index is 0.315. The minimum Gasteiger partial charge on any atom is -0.385 e. The third-order valence-electron chi connectivity index (χ3n) is 0.728. The molecule has 0 amide bonds. The van der Waals surface area contributed by atoms with Gasteiger partial charge in [0.1, 0.15) is 0 Å². The van der Waals surface area contributed by atoms with Gasteiger partial charge >= 0.3 is 0 Å². The van der Waals surface area contributed by atoms with Crippen molar-refractivity contribution in [2.24, 2.45) is 0 Å². The van der Waals surface area contributed by atoms with Gasteiger partial charge in [-0.05, 0) is 0 Å². The van der Waals surface area contributed by atoms with Crippen molar-refractivity contribution in [2.45, 2.75) is 6.10 Å². The van der Waals surface area contributed by atoms with Crippen LogP contribution in [0.4, 0.5) is 0 Å². The first kappa shape index (κ1) is 3.62. The van der Waals surface area contributed by atoms with Crippen LogP contribution in [0.25, 0.3) is 0 Å². The average Bonchev–Trinajstić information content (AvgIpc) is 1.86. The molecule has 1 rings (SSSR count). The van der Waals surface area contributed by atoms with Crippen molar-refractivity contribution in [3.63, 3.8) is 0 Å². The Balaban J connectivity index is 2.60. The molecule has 0 aliphatic heterocycles. The molecule has 1 aliphatic rings. The summed E-state index contributed by atoms with van der Waals surface area (Å²) in [6.45, 7) is 0. The summed E-state index contributed by atoms with van der Waals surface area (Å²) >= 11 is 0. The molecular formula is C5H6O. The van der Waals surface area contributed by atoms with Crippen LogP contribution < -0.4 is 0 Å². The lowest BCUT2D eigenvalue weighted by Gasteiger charge is -1.84. The number of aliphatic hydroxyl groups is 1. The van der Waals surface area contributed by atoms with Crippen molar-refractivity contribution in [3.05, 3.63) is 24.3 Å². The van der Waals surface area contributed by atoms with Crippen molar-refractivity contribution in [1.29, 1.82) is 0 Å². The Bertz CT molecular complexity index is 80.1. The van der Waals surface area contributed by atoms with Crippen molar-refractivity contribution in [2.75, 3.05) is 0 Å². The molecule has 0 radical (unpaired) electrons. The standard InChI is InChI=1S/C5H6O/c6-5-3-1-2-4-5/h1-6H. The number of allylic oxidation sites excluding steroid dienone is 2. The van der Waals surface area contributed by atoms with Crippen molar-refractivity contribution >= 4 is 0 Å². The van der Waals surface area contributed by atoms with E-state index in [1.165, 1.54) is 0 Å². The second kappa shape index (κ2) is 1.27. The van der Waals surface area contributed by atoms with Crippen molar-refractivity contribution < 1.29 is 5.11 Å². The first-order chi connectivity index (χ1) is 2.89. The fourth-order valence-electron chi connectivity index (χ4n) is 0.420. The molecule has 0 bridgehead atoms. The third kappa shape index (κ3) is 0.494. The molecule has 1 heteroatoms. The lowest BCUT2D eigenvalue weighted by molar-refractivity contribution is 0.274. The van der Waals surface area contributed by atoms with Gasteiger partial charge in [-0.15, -0.1) is 0 Å². The maximum absolute atomic E-state index is 8.56. The molecule has 6 heavy (non-hydrogen) atoms. The van der Waals surface area contributed by atoms with Crippen LogP contribution in [0.3, 0.4) is 0 Å². The van der Waals surface area contributed by atoms with Gasteiger partial charge in [-0.3, -0.25) is 0 Å². The smallest absolute Gasteiger partial charge is 0.0908 e. The molecule has 0 saturated carbocycles. The lowest BCUT2D eigenvalue weighted by atomic mass is 10.4. The Kier molecular flexibility index (Phi) is 0.765. The molecule has 0 fully saturated rings. The normalized spacial score (nSPS) is 20.2. The summed E-state index contributed by atoms with van der Waals surface area (Å²) in [6.07, 6.45) is 6.78. The average molecular weight is 82.1 g/mol. The van der Waals surface area contributed by atoms with Gasteiger partial charge in [0, 0.05) is 0 Å². The second-order valence-electron chi connectivity index (χ2n) is 1.26. The second-order valence-corrected chi connectivity index (χ2v) is 1.26. The van der Waals surface area contributed by atoms with E-state index in [0.29, 0.717) is 0 Å². The highest BCUT2D eigenvalue weighted by atomic mass is 16.3. The Labute approximate surface area is 36.6 Å². The van der Waals surface area contributed by atoms with Gasteiger partial charge in [0.25, 0.3) is 0 Å². The summed E-state index contributed by atoms with van der Waals surface area (Å²) in [5.74, 6) is 0. The summed E-state index contributed by atoms with van der Waals surface area (Å²) in [6, 6.07) is 0. The lowest BCUT2D eigenvalue weighted by Crippen LogP contribution is -1.89. The molecule has 0 saturated heterocycles. The van der Waals surface area contributed by atoms with E-state index < -0.39 is 0 Å². The van der Waals surface area contributed by atoms with Gasteiger partial charge in [0.15, 0.2) is 0 Å². The summed E-state index contributed by atoms with van der Waals surface area (Å²) in [7, 11) is 0. The fourth-order valence-corrected chi connectivity index (χ4v) is 0.420. The number of aliphatic hydroxyl groups excluding tert-OH is 1. The summed E-state index contributed by atoms with van der Waals surface area (Å²) < 4.78 is 0. The molecule has 0 aromatic rings. The molecule has 0 spiro atoms. The van der Waals surface area contributed by atoms with Crippen LogP contribution in [0.1, 0.15) is 0 Å². The molecule has 0 aromatic carbocycles. The molecule has 1 aliphatic carbocycles. The van der Waals surface area contributed by atoms with E-state index in [4.69, 9.17) is 5.11 Å². The Morgan fingerprint density at radius 3 is 1.83 bits per heavy atom. The largest absolute Gasteiger partial charge is 0.385 e. The van der Waals surface area contributed by atoms with Crippen LogP contribution in [-0.4, -0.2) is 11.2 Å². The Morgan fingerprint density at radius 1 is 1.17 bits per heavy atom. The van der Waals surface area contributed by atoms with Crippen LogP contribution >= 0.6 is 0 Å². The van der Waals surface area contributed by atoms with Crippen LogP contribution in [0.2, 0.25) is 0 Å². The minimum atomic E-state index is -0.315. The topological polar surface area (TPSA) is 20.2 Å². The van der Waals surface area contributed by atoms with Crippen LogP contribution in [0, 0.1) is 0 Å². The van der Waals surface area contributed by atoms with E-state index in [1.54, 1.807) is 12.2 Å². The zero-order chi connectivity index (χ0) is 4.41. The van der Waals surface area contributed by atoms with Gasteiger partial charge in [-0.25, -0.2) is 0 Å². The van der Waals surface area contributed by atoms with Crippen molar-refractivity contribution in [3.8, 4) is 0 Å². The van der Waals surface area contributed by atoms with Crippen LogP contribution in [-0.2, 0) is 0 Å². The van der Waals surface area contributed by atoms with Gasteiger partial charge < -0.3 is 5.11 Å². The predicted molar refractivity (Wildman–Crippen MR) is 24.3 cm³/mol. The van der Waals surface area contributed by atoms with Gasteiger partial charge in [-0.1, -0.05) is 24.3 Å². The molecule has 1 nitrogen and oxygen atoms in total. The maximum atomic E-state index is 8.56. The molecular weight excluding hydrogens is 76.1 g/mol. The number of rotatable bonds is 0. The Morgan fingerprint density at radius 2 is 1.67 bits per heavy atom. The highest BCUT2D eigenvalue weighted by Crippen LogP contribution is 1.95. The van der Waals surface area contributed by atoms with E-state index in [2.05, 4.69) is 0 Å². The van der Waals surface area contributed by atoms with E-state index in [0.717, 1.165) is 0 Å². The highest BCUT2D eigenvalue weighted by molar-refractivity contribution is 5.18. The van der Waals surface area contributed by atoms with Crippen LogP contribution in [0.15, 0.2) is 24.3 Å². The first-order valence-electron chi connectivity index (χ1n) is 1.92. The molecule has 1 N–H and O–H groups in total. The van der Waals surface area contributed by atoms with E-state index in [1.807, 2.05) is 12.2 Å². The van der Waals surface area contributed by atoms with E-state index in [-0.39, 0.29) is 6.10 Å². The van der Waals surface area contributed by atoms with E-state index >= 15 is 0 Å². The van der Waals surface area contributed by atoms with Crippen molar-refractivity contribution in [1.82, 2.24) is 0 Å². The van der Waals surface area contributed by atoms with Gasteiger partial charge in [0.05, 0.1) is 6.10 Å². The summed E-state index contributed by atoms with van der Waals surface area (Å²) in [5.41, 5.74) is 0. The molecule has 0 aromatic heterocycles. The Hall–Kier alpha value is -0.560. The maximum Gasteiger partial charge on any atom is 0.0908 e. The quantitative estimate of drug-likeness (QED) is 0.450. The number of hydrogen-bond donors (Lipinski definition) is 1. The highest BCUT2D eigenvalue weighted by Gasteiger charge is 1.91. The number of hydrogen-bond acceptors (Lipinski definition) is 1. The van der Waals surface area contributed by atoms with Gasteiger partial charge in [-0.2, -0.15) is 0 Å². The zero-order valence-electron chi connectivity index (χ0n) is 3.33.